The van der Waals surface area contributed by atoms with E-state index in [0.717, 1.165) is 31.2 Å². The Morgan fingerprint density at radius 1 is 1.12 bits per heavy atom. The number of benzene rings is 1. The zero-order chi connectivity index (χ0) is 24.1. The third-order valence-electron chi connectivity index (χ3n) is 6.84. The van der Waals surface area contributed by atoms with Crippen LogP contribution in [-0.2, 0) is 11.3 Å². The molecule has 0 unspecified atom stereocenters. The number of methoxy groups -OCH3 is 1. The van der Waals surface area contributed by atoms with Gasteiger partial charge in [0.05, 0.1) is 16.1 Å². The van der Waals surface area contributed by atoms with E-state index in [2.05, 4.69) is 15.3 Å². The molecule has 1 saturated carbocycles. The number of hydrogen-bond donors (Lipinski definition) is 1. The molecular formula is C25H32Cl2N4O3. The predicted octanol–water partition coefficient (Wildman–Crippen LogP) is 4.82. The van der Waals surface area contributed by atoms with Crippen molar-refractivity contribution in [2.75, 3.05) is 20.2 Å². The summed E-state index contributed by atoms with van der Waals surface area (Å²) in [6.07, 6.45) is 8.27. The van der Waals surface area contributed by atoms with Gasteiger partial charge < -0.3 is 19.7 Å². The van der Waals surface area contributed by atoms with Gasteiger partial charge in [0.15, 0.2) is 0 Å². The lowest BCUT2D eigenvalue weighted by atomic mass is 9.90. The molecule has 1 aliphatic heterocycles. The van der Waals surface area contributed by atoms with Crippen LogP contribution in [0.2, 0.25) is 10.0 Å². The number of amides is 1. The van der Waals surface area contributed by atoms with Crippen LogP contribution >= 0.6 is 23.2 Å². The molecule has 184 valence electrons. The smallest absolute Gasteiger partial charge is 0.272 e. The first-order valence-corrected chi connectivity index (χ1v) is 12.7. The highest BCUT2D eigenvalue weighted by Gasteiger charge is 2.30. The zero-order valence-electron chi connectivity index (χ0n) is 19.7. The number of hydrogen-bond acceptors (Lipinski definition) is 6. The quantitative estimate of drug-likeness (QED) is 0.579. The summed E-state index contributed by atoms with van der Waals surface area (Å²) in [7, 11) is 1.80. The average Bonchev–Trinajstić information content (AvgIpc) is 2.86. The minimum absolute atomic E-state index is 0.0785. The molecule has 1 N–H and O–H groups in total. The second-order valence-electron chi connectivity index (χ2n) is 9.09. The van der Waals surface area contributed by atoms with E-state index < -0.39 is 0 Å². The van der Waals surface area contributed by atoms with Crippen LogP contribution in [0.15, 0.2) is 24.5 Å². The molecule has 1 amide bonds. The number of aromatic nitrogens is 2. The number of carbonyl (C=O) groups is 1. The molecule has 2 aliphatic rings. The minimum atomic E-state index is -0.0785. The van der Waals surface area contributed by atoms with Crippen LogP contribution in [0.1, 0.15) is 60.1 Å². The first-order chi connectivity index (χ1) is 16.5. The van der Waals surface area contributed by atoms with E-state index >= 15 is 0 Å². The van der Waals surface area contributed by atoms with Crippen LogP contribution in [0.4, 0.5) is 0 Å². The third kappa shape index (κ3) is 6.00. The number of likely N-dealkylation sites (tertiary alicyclic amines) is 1. The zero-order valence-corrected chi connectivity index (χ0v) is 21.2. The molecule has 9 heteroatoms. The van der Waals surface area contributed by atoms with Crippen molar-refractivity contribution in [1.82, 2.24) is 20.2 Å². The topological polar surface area (TPSA) is 76.6 Å². The normalized spacial score (nSPS) is 21.5. The van der Waals surface area contributed by atoms with Gasteiger partial charge in [0.25, 0.3) is 5.91 Å². The molecule has 1 aliphatic carbocycles. The first kappa shape index (κ1) is 25.2. The van der Waals surface area contributed by atoms with Crippen LogP contribution in [0.3, 0.4) is 0 Å². The standard InChI is InChI=1S/C25H32Cl2N4O3/c1-16-23(28-15-29-24(16)34-14-17-7-8-19(26)20(27)13-17)25(32)31-11-9-18(10-12-31)30-21-5-3-4-6-22(21)33-2/h7-8,13,15,18,21-22,30H,3-6,9-12,14H2,1-2H3/t21-,22+/m0/s1. The van der Waals surface area contributed by atoms with E-state index in [-0.39, 0.29) is 12.5 Å². The maximum atomic E-state index is 13.2. The minimum Gasteiger partial charge on any atom is -0.473 e. The molecule has 1 saturated heterocycles. The van der Waals surface area contributed by atoms with Crippen molar-refractivity contribution in [3.05, 3.63) is 51.4 Å². The maximum absolute atomic E-state index is 13.2. The molecule has 2 atom stereocenters. The molecule has 0 radical (unpaired) electrons. The summed E-state index contributed by atoms with van der Waals surface area (Å²) in [5, 5.41) is 4.75. The second-order valence-corrected chi connectivity index (χ2v) is 9.90. The van der Waals surface area contributed by atoms with Gasteiger partial charge in [0.1, 0.15) is 18.6 Å². The summed E-state index contributed by atoms with van der Waals surface area (Å²) in [5.41, 5.74) is 1.89. The fraction of sp³-hybridized carbons (Fsp3) is 0.560. The number of piperidine rings is 1. The Morgan fingerprint density at radius 3 is 2.62 bits per heavy atom. The lowest BCUT2D eigenvalue weighted by Crippen LogP contribution is -2.52. The highest BCUT2D eigenvalue weighted by atomic mass is 35.5. The van der Waals surface area contributed by atoms with E-state index in [9.17, 15) is 4.79 Å². The van der Waals surface area contributed by atoms with E-state index in [4.69, 9.17) is 32.7 Å². The Morgan fingerprint density at radius 2 is 1.88 bits per heavy atom. The molecule has 2 fully saturated rings. The molecule has 2 heterocycles. The van der Waals surface area contributed by atoms with E-state index in [1.54, 1.807) is 19.2 Å². The maximum Gasteiger partial charge on any atom is 0.272 e. The van der Waals surface area contributed by atoms with Gasteiger partial charge in [0, 0.05) is 37.8 Å². The average molecular weight is 507 g/mol. The molecular weight excluding hydrogens is 475 g/mol. The Labute approximate surface area is 211 Å². The second kappa shape index (κ2) is 11.7. The van der Waals surface area contributed by atoms with Crippen molar-refractivity contribution in [3.8, 4) is 5.88 Å². The molecule has 1 aromatic carbocycles. The number of halogens is 2. The summed E-state index contributed by atoms with van der Waals surface area (Å²) in [4.78, 5) is 23.6. The number of ether oxygens (including phenoxy) is 2. The van der Waals surface area contributed by atoms with Gasteiger partial charge in [-0.15, -0.1) is 0 Å². The van der Waals surface area contributed by atoms with Crippen molar-refractivity contribution in [2.24, 2.45) is 0 Å². The Balaban J connectivity index is 1.33. The van der Waals surface area contributed by atoms with Crippen LogP contribution in [0, 0.1) is 6.92 Å². The number of nitrogens with zero attached hydrogens (tertiary/aromatic N) is 3. The number of carbonyl (C=O) groups excluding carboxylic acids is 1. The summed E-state index contributed by atoms with van der Waals surface area (Å²) < 4.78 is 11.6. The lowest BCUT2D eigenvalue weighted by molar-refractivity contribution is 0.0329. The van der Waals surface area contributed by atoms with Crippen molar-refractivity contribution in [3.63, 3.8) is 0 Å². The monoisotopic (exact) mass is 506 g/mol. The summed E-state index contributed by atoms with van der Waals surface area (Å²) >= 11 is 12.1. The van der Waals surface area contributed by atoms with E-state index in [0.29, 0.717) is 58.5 Å². The van der Waals surface area contributed by atoms with Crippen LogP contribution in [0.25, 0.3) is 0 Å². The summed E-state index contributed by atoms with van der Waals surface area (Å²) in [6, 6.07) is 6.14. The van der Waals surface area contributed by atoms with Gasteiger partial charge in [-0.1, -0.05) is 42.1 Å². The summed E-state index contributed by atoms with van der Waals surface area (Å²) in [5.74, 6) is 0.314. The van der Waals surface area contributed by atoms with Gasteiger partial charge in [0.2, 0.25) is 5.88 Å². The van der Waals surface area contributed by atoms with Crippen molar-refractivity contribution in [1.29, 1.82) is 0 Å². The van der Waals surface area contributed by atoms with Crippen LogP contribution < -0.4 is 10.1 Å². The fourth-order valence-electron chi connectivity index (χ4n) is 4.85. The first-order valence-electron chi connectivity index (χ1n) is 11.9. The predicted molar refractivity (Wildman–Crippen MR) is 133 cm³/mol. The molecule has 0 bridgehead atoms. The Kier molecular flexibility index (Phi) is 8.64. The lowest BCUT2D eigenvalue weighted by Gasteiger charge is -2.38. The fourth-order valence-corrected chi connectivity index (χ4v) is 5.17. The van der Waals surface area contributed by atoms with Crippen LogP contribution in [-0.4, -0.2) is 59.2 Å². The Bertz CT molecular complexity index is 998. The van der Waals surface area contributed by atoms with Crippen molar-refractivity contribution >= 4 is 29.1 Å². The van der Waals surface area contributed by atoms with Gasteiger partial charge >= 0.3 is 0 Å². The van der Waals surface area contributed by atoms with E-state index in [1.807, 2.05) is 17.9 Å². The van der Waals surface area contributed by atoms with Gasteiger partial charge in [-0.2, -0.15) is 0 Å². The molecule has 0 spiro atoms. The number of nitrogens with one attached hydrogen (secondary N) is 1. The highest BCUT2D eigenvalue weighted by Crippen LogP contribution is 2.26. The molecule has 2 aromatic rings. The molecule has 1 aromatic heterocycles. The van der Waals surface area contributed by atoms with Crippen molar-refractivity contribution < 1.29 is 14.3 Å². The van der Waals surface area contributed by atoms with Crippen molar-refractivity contribution in [2.45, 2.75) is 70.2 Å². The third-order valence-corrected chi connectivity index (χ3v) is 7.58. The van der Waals surface area contributed by atoms with Gasteiger partial charge in [-0.25, -0.2) is 9.97 Å². The van der Waals surface area contributed by atoms with Gasteiger partial charge in [-0.05, 0) is 50.3 Å². The van der Waals surface area contributed by atoms with Crippen LogP contribution in [0.5, 0.6) is 5.88 Å². The molecule has 4 rings (SSSR count). The highest BCUT2D eigenvalue weighted by molar-refractivity contribution is 6.42. The Hall–Kier alpha value is -1.93. The number of rotatable bonds is 7. The SMILES string of the molecule is CO[C@@H]1CCCC[C@@H]1NC1CCN(C(=O)c2ncnc(OCc3ccc(Cl)c(Cl)c3)c2C)CC1. The van der Waals surface area contributed by atoms with E-state index in [1.165, 1.54) is 19.2 Å². The van der Waals surface area contributed by atoms with Gasteiger partial charge in [-0.3, -0.25) is 4.79 Å². The summed E-state index contributed by atoms with van der Waals surface area (Å²) in [6.45, 7) is 3.48. The molecule has 7 nitrogen and oxygen atoms in total. The molecule has 34 heavy (non-hydrogen) atoms. The largest absolute Gasteiger partial charge is 0.473 e.